The van der Waals surface area contributed by atoms with Gasteiger partial charge in [-0.3, -0.25) is 9.59 Å². The van der Waals surface area contributed by atoms with E-state index in [1.807, 2.05) is 0 Å². The van der Waals surface area contributed by atoms with E-state index in [1.54, 1.807) is 0 Å². The molecule has 0 aromatic heterocycles. The Morgan fingerprint density at radius 2 is 1.45 bits per heavy atom. The first-order valence-corrected chi connectivity index (χ1v) is 11.9. The quantitative estimate of drug-likeness (QED) is 0.274. The molecule has 38 heavy (non-hydrogen) atoms. The number of benzene rings is 2. The molecule has 0 heterocycles. The molecule has 2 N–H and O–H groups in total. The van der Waals surface area contributed by atoms with Crippen molar-refractivity contribution in [2.24, 2.45) is 5.92 Å². The van der Waals surface area contributed by atoms with Crippen molar-refractivity contribution in [3.63, 3.8) is 0 Å². The Kier molecular flexibility index (Phi) is 7.10. The molecule has 4 nitrogen and oxygen atoms in total. The lowest BCUT2D eigenvalue weighted by Crippen LogP contribution is -2.50. The van der Waals surface area contributed by atoms with Gasteiger partial charge in [0.1, 0.15) is 4.33 Å². The van der Waals surface area contributed by atoms with Crippen LogP contribution in [0, 0.1) is 5.92 Å². The highest BCUT2D eigenvalue weighted by molar-refractivity contribution is 6.53. The Morgan fingerprint density at radius 3 is 1.95 bits per heavy atom. The molecule has 2 aromatic carbocycles. The normalized spacial score (nSPS) is 22.4. The molecule has 15 heteroatoms. The summed E-state index contributed by atoms with van der Waals surface area (Å²) in [4.78, 5) is 25.3. The van der Waals surface area contributed by atoms with Gasteiger partial charge >= 0.3 is 12.4 Å². The van der Waals surface area contributed by atoms with E-state index in [4.69, 9.17) is 34.8 Å². The molecule has 2 unspecified atom stereocenters. The summed E-state index contributed by atoms with van der Waals surface area (Å²) in [6.07, 6.45) is -11.3. The van der Waals surface area contributed by atoms with Crippen LogP contribution in [-0.2, 0) is 17.1 Å². The maximum atomic E-state index is 13.2. The lowest BCUT2D eigenvalue weighted by molar-refractivity contribution is -0.143. The van der Waals surface area contributed by atoms with E-state index in [9.17, 15) is 44.7 Å². The molecule has 2 atom stereocenters. The van der Waals surface area contributed by atoms with Crippen LogP contribution < -0.4 is 10.6 Å². The minimum absolute atomic E-state index is 0.0294. The fourth-order valence-corrected chi connectivity index (χ4v) is 5.28. The van der Waals surface area contributed by atoms with Crippen LogP contribution in [0.5, 0.6) is 0 Å². The first kappa shape index (κ1) is 28.7. The molecule has 2 aromatic rings. The second-order valence-electron chi connectivity index (χ2n) is 9.09. The maximum absolute atomic E-state index is 13.2. The van der Waals surface area contributed by atoms with Crippen LogP contribution in [0.1, 0.15) is 45.8 Å². The van der Waals surface area contributed by atoms with Gasteiger partial charge in [0.2, 0.25) is 5.91 Å². The van der Waals surface area contributed by atoms with E-state index in [2.05, 4.69) is 10.6 Å². The van der Waals surface area contributed by atoms with E-state index in [-0.39, 0.29) is 22.3 Å². The Hall–Kier alpha value is -2.31. The van der Waals surface area contributed by atoms with Crippen molar-refractivity contribution in [3.05, 3.63) is 63.7 Å². The van der Waals surface area contributed by atoms with Crippen LogP contribution in [0.25, 0.3) is 0 Å². The maximum Gasteiger partial charge on any atom is 0.416 e. The number of halogens is 11. The number of amides is 2. The van der Waals surface area contributed by atoms with Crippen molar-refractivity contribution in [3.8, 4) is 0 Å². The number of hydrogen-bond acceptors (Lipinski definition) is 2. The van der Waals surface area contributed by atoms with Crippen LogP contribution in [0.4, 0.5) is 40.8 Å². The molecular formula is C23H15Cl3F8N2O2. The molecule has 0 aliphatic heterocycles. The van der Waals surface area contributed by atoms with Crippen LogP contribution in [0.2, 0.25) is 5.02 Å². The summed E-state index contributed by atoms with van der Waals surface area (Å²) in [5.41, 5.74) is -3.91. The van der Waals surface area contributed by atoms with Crippen molar-refractivity contribution < 1.29 is 44.7 Å². The molecule has 0 radical (unpaired) electrons. The Balaban J connectivity index is 1.54. The van der Waals surface area contributed by atoms with Crippen molar-refractivity contribution in [2.45, 2.75) is 47.4 Å². The van der Waals surface area contributed by atoms with Gasteiger partial charge in [-0.2, -0.15) is 26.3 Å². The molecule has 0 bridgehead atoms. The SMILES string of the molecule is O=C(NC1CC(F)(F)C1)c1cc(NC(=O)C2C(c3cc(C(F)(F)F)cc(C(F)(F)F)c3)C2(Cl)Cl)ccc1Cl. The highest BCUT2D eigenvalue weighted by Gasteiger charge is 2.68. The van der Waals surface area contributed by atoms with Gasteiger partial charge in [0.05, 0.1) is 27.6 Å². The number of rotatable bonds is 5. The smallest absolute Gasteiger partial charge is 0.349 e. The molecule has 4 rings (SSSR count). The average Bonchev–Trinajstić information content (AvgIpc) is 3.34. The van der Waals surface area contributed by atoms with Crippen LogP contribution in [0.3, 0.4) is 0 Å². The van der Waals surface area contributed by atoms with Crippen molar-refractivity contribution in [1.82, 2.24) is 5.32 Å². The predicted octanol–water partition coefficient (Wildman–Crippen LogP) is 7.43. The summed E-state index contributed by atoms with van der Waals surface area (Å²) >= 11 is 18.2. The third-order valence-electron chi connectivity index (χ3n) is 6.21. The van der Waals surface area contributed by atoms with Gasteiger partial charge in [0.15, 0.2) is 0 Å². The molecule has 2 aliphatic carbocycles. The average molecular weight is 610 g/mol. The standard InChI is InChI=1S/C23H15Cl3F8N2O2/c24-15-2-1-12(6-14(15)18(37)36-13-7-20(27,28)8-13)35-19(38)17-16(21(17,25)26)9-3-10(22(29,30)31)5-11(4-9)23(32,33)34/h1-6,13,16-17H,7-8H2,(H,35,38)(H,36,37). The zero-order valence-electron chi connectivity index (χ0n) is 18.6. The van der Waals surface area contributed by atoms with E-state index in [0.29, 0.717) is 12.1 Å². The second kappa shape index (κ2) is 9.41. The van der Waals surface area contributed by atoms with Crippen molar-refractivity contribution >= 4 is 52.3 Å². The van der Waals surface area contributed by atoms with Crippen LogP contribution in [0.15, 0.2) is 36.4 Å². The Bertz CT molecular complexity index is 1260. The highest BCUT2D eigenvalue weighted by atomic mass is 35.5. The van der Waals surface area contributed by atoms with Gasteiger partial charge < -0.3 is 10.6 Å². The fourth-order valence-electron chi connectivity index (χ4n) is 4.25. The summed E-state index contributed by atoms with van der Waals surface area (Å²) in [5.74, 6) is -7.47. The number of alkyl halides is 10. The predicted molar refractivity (Wildman–Crippen MR) is 123 cm³/mol. The second-order valence-corrected chi connectivity index (χ2v) is 10.9. The van der Waals surface area contributed by atoms with E-state index in [0.717, 1.165) is 6.07 Å². The zero-order chi connectivity index (χ0) is 28.4. The summed E-state index contributed by atoms with van der Waals surface area (Å²) in [7, 11) is 0. The van der Waals surface area contributed by atoms with Gasteiger partial charge in [0.25, 0.3) is 11.8 Å². The number of anilines is 1. The van der Waals surface area contributed by atoms with Gasteiger partial charge in [-0.1, -0.05) is 11.6 Å². The van der Waals surface area contributed by atoms with E-state index >= 15 is 0 Å². The van der Waals surface area contributed by atoms with E-state index in [1.165, 1.54) is 12.1 Å². The third-order valence-corrected chi connectivity index (χ3v) is 7.48. The molecule has 206 valence electrons. The largest absolute Gasteiger partial charge is 0.416 e. The summed E-state index contributed by atoms with van der Waals surface area (Å²) < 4.78 is 103. The van der Waals surface area contributed by atoms with Gasteiger partial charge in [-0.05, 0) is 42.0 Å². The molecule has 0 saturated heterocycles. The first-order chi connectivity index (χ1) is 17.3. The molecule has 2 fully saturated rings. The summed E-state index contributed by atoms with van der Waals surface area (Å²) in [5, 5.41) is 4.67. The topological polar surface area (TPSA) is 58.2 Å². The molecule has 0 spiro atoms. The minimum atomic E-state index is -5.11. The summed E-state index contributed by atoms with van der Waals surface area (Å²) in [6.45, 7) is 0. The minimum Gasteiger partial charge on any atom is -0.349 e. The molecular weight excluding hydrogens is 595 g/mol. The zero-order valence-corrected chi connectivity index (χ0v) is 20.9. The van der Waals surface area contributed by atoms with Crippen LogP contribution in [-0.4, -0.2) is 28.1 Å². The number of hydrogen-bond donors (Lipinski definition) is 2. The Labute approximate surface area is 224 Å². The lowest BCUT2D eigenvalue weighted by Gasteiger charge is -2.35. The third kappa shape index (κ3) is 5.81. The number of nitrogens with one attached hydrogen (secondary N) is 2. The number of carbonyl (C=O) groups is 2. The molecule has 2 aliphatic rings. The first-order valence-electron chi connectivity index (χ1n) is 10.8. The monoisotopic (exact) mass is 608 g/mol. The summed E-state index contributed by atoms with van der Waals surface area (Å²) in [6, 6.07) is 3.67. The Morgan fingerprint density at radius 1 is 0.895 bits per heavy atom. The molecule has 2 saturated carbocycles. The van der Waals surface area contributed by atoms with Crippen molar-refractivity contribution in [2.75, 3.05) is 5.32 Å². The van der Waals surface area contributed by atoms with Crippen LogP contribution >= 0.6 is 34.8 Å². The van der Waals surface area contributed by atoms with E-state index < -0.39 is 81.8 Å². The fraction of sp³-hybridized carbons (Fsp3) is 0.391. The van der Waals surface area contributed by atoms with Gasteiger partial charge in [-0.25, -0.2) is 8.78 Å². The highest BCUT2D eigenvalue weighted by Crippen LogP contribution is 2.65. The van der Waals surface area contributed by atoms with Gasteiger partial charge in [0, 0.05) is 30.5 Å². The number of carbonyl (C=O) groups excluding carboxylic acids is 2. The molecule has 2 amide bonds. The van der Waals surface area contributed by atoms with Crippen molar-refractivity contribution in [1.29, 1.82) is 0 Å². The lowest BCUT2D eigenvalue weighted by atomic mass is 9.88. The van der Waals surface area contributed by atoms with Gasteiger partial charge in [-0.15, -0.1) is 23.2 Å².